The minimum absolute atomic E-state index is 0.392. The molecule has 0 bridgehead atoms. The summed E-state index contributed by atoms with van der Waals surface area (Å²) in [7, 11) is 1.31. The van der Waals surface area contributed by atoms with Crippen molar-refractivity contribution in [1.82, 2.24) is 0 Å². The first kappa shape index (κ1) is 10.7. The number of halogens is 1. The van der Waals surface area contributed by atoms with Gasteiger partial charge >= 0.3 is 5.97 Å². The Balaban J connectivity index is 2.70. The van der Waals surface area contributed by atoms with Gasteiger partial charge in [0.15, 0.2) is 0 Å². The summed E-state index contributed by atoms with van der Waals surface area (Å²) in [5, 5.41) is 10.6. The minimum Gasteiger partial charge on any atom is -0.465 e. The lowest BCUT2D eigenvalue weighted by atomic mass is 10.1. The van der Waals surface area contributed by atoms with Gasteiger partial charge in [0.2, 0.25) is 6.20 Å². The maximum absolute atomic E-state index is 11.3. The zero-order chi connectivity index (χ0) is 11.7. The molecule has 0 unspecified atom stereocenters. The Morgan fingerprint density at radius 3 is 2.88 bits per heavy atom. The first-order chi connectivity index (χ1) is 7.63. The SMILES string of the molecule is COC(=O)c1ccc2c(c1)c(Cl)cc[n+]2O. The maximum atomic E-state index is 11.3. The van der Waals surface area contributed by atoms with Gasteiger partial charge in [0.25, 0.3) is 5.52 Å². The average molecular weight is 239 g/mol. The van der Waals surface area contributed by atoms with Crippen molar-refractivity contribution >= 4 is 28.5 Å². The molecule has 5 heteroatoms. The summed E-state index contributed by atoms with van der Waals surface area (Å²) < 4.78 is 5.55. The topological polar surface area (TPSA) is 50.4 Å². The lowest BCUT2D eigenvalue weighted by molar-refractivity contribution is -0.884. The zero-order valence-corrected chi connectivity index (χ0v) is 9.23. The van der Waals surface area contributed by atoms with Crippen molar-refractivity contribution in [2.45, 2.75) is 0 Å². The molecule has 0 aliphatic heterocycles. The van der Waals surface area contributed by atoms with Crippen molar-refractivity contribution in [3.63, 3.8) is 0 Å². The third-order valence-corrected chi connectivity index (χ3v) is 2.61. The molecule has 1 N–H and O–H groups in total. The van der Waals surface area contributed by atoms with E-state index in [4.69, 9.17) is 11.6 Å². The van der Waals surface area contributed by atoms with Gasteiger partial charge in [-0.2, -0.15) is 0 Å². The molecule has 82 valence electrons. The number of pyridine rings is 1. The van der Waals surface area contributed by atoms with Gasteiger partial charge in [-0.1, -0.05) is 11.6 Å². The fourth-order valence-corrected chi connectivity index (χ4v) is 1.69. The summed E-state index contributed by atoms with van der Waals surface area (Å²) in [5.74, 6) is -0.439. The van der Waals surface area contributed by atoms with Gasteiger partial charge in [-0.25, -0.2) is 4.79 Å². The number of methoxy groups -OCH3 is 1. The third kappa shape index (κ3) is 1.67. The van der Waals surface area contributed by atoms with E-state index in [1.165, 1.54) is 13.3 Å². The molecular formula is C11H9ClNO3+. The number of ether oxygens (including phenoxy) is 1. The number of nitrogens with zero attached hydrogens (tertiary/aromatic N) is 1. The molecule has 1 aromatic carbocycles. The van der Waals surface area contributed by atoms with Crippen LogP contribution in [0.15, 0.2) is 30.5 Å². The smallest absolute Gasteiger partial charge is 0.337 e. The summed E-state index contributed by atoms with van der Waals surface area (Å²) in [6.07, 6.45) is 1.43. The normalized spacial score (nSPS) is 10.4. The van der Waals surface area contributed by atoms with Gasteiger partial charge in [0.1, 0.15) is 0 Å². The Hall–Kier alpha value is -1.81. The first-order valence-corrected chi connectivity index (χ1v) is 4.93. The van der Waals surface area contributed by atoms with Crippen LogP contribution in [0.1, 0.15) is 10.4 Å². The second kappa shape index (κ2) is 3.98. The average Bonchev–Trinajstić information content (AvgIpc) is 2.32. The van der Waals surface area contributed by atoms with Crippen LogP contribution < -0.4 is 4.73 Å². The quantitative estimate of drug-likeness (QED) is 0.468. The molecule has 0 spiro atoms. The van der Waals surface area contributed by atoms with Gasteiger partial charge < -0.3 is 4.74 Å². The van der Waals surface area contributed by atoms with Crippen LogP contribution in [0.3, 0.4) is 0 Å². The van der Waals surface area contributed by atoms with Crippen LogP contribution >= 0.6 is 11.6 Å². The van der Waals surface area contributed by atoms with E-state index >= 15 is 0 Å². The molecule has 0 amide bonds. The molecule has 0 saturated heterocycles. The fourth-order valence-electron chi connectivity index (χ4n) is 1.48. The molecule has 2 rings (SSSR count). The first-order valence-electron chi connectivity index (χ1n) is 4.55. The van der Waals surface area contributed by atoms with Crippen LogP contribution in [0.4, 0.5) is 0 Å². The number of hydrogen-bond donors (Lipinski definition) is 1. The van der Waals surface area contributed by atoms with E-state index in [2.05, 4.69) is 4.74 Å². The van der Waals surface area contributed by atoms with E-state index in [0.29, 0.717) is 21.5 Å². The minimum atomic E-state index is -0.439. The monoisotopic (exact) mass is 238 g/mol. The van der Waals surface area contributed by atoms with Gasteiger partial charge in [-0.05, 0) is 12.1 Å². The number of hydrogen-bond acceptors (Lipinski definition) is 3. The molecule has 4 nitrogen and oxygen atoms in total. The van der Waals surface area contributed by atoms with Crippen LogP contribution in [0.5, 0.6) is 0 Å². The molecule has 0 atom stereocenters. The molecular weight excluding hydrogens is 230 g/mol. The van der Waals surface area contributed by atoms with Crippen molar-refractivity contribution in [1.29, 1.82) is 0 Å². The van der Waals surface area contributed by atoms with Crippen molar-refractivity contribution < 1.29 is 19.5 Å². The van der Waals surface area contributed by atoms with E-state index in [9.17, 15) is 10.0 Å². The molecule has 0 aliphatic rings. The summed E-state index contributed by atoms with van der Waals surface area (Å²) in [4.78, 5) is 11.3. The highest BCUT2D eigenvalue weighted by molar-refractivity contribution is 6.35. The maximum Gasteiger partial charge on any atom is 0.337 e. The van der Waals surface area contributed by atoms with E-state index in [1.54, 1.807) is 24.3 Å². The summed E-state index contributed by atoms with van der Waals surface area (Å²) in [6, 6.07) is 6.30. The number of benzene rings is 1. The van der Waals surface area contributed by atoms with Crippen molar-refractivity contribution in [2.75, 3.05) is 7.11 Å². The highest BCUT2D eigenvalue weighted by Gasteiger charge is 2.14. The molecule has 2 aromatic rings. The van der Waals surface area contributed by atoms with Crippen molar-refractivity contribution in [3.8, 4) is 0 Å². The van der Waals surface area contributed by atoms with Crippen LogP contribution in [-0.4, -0.2) is 18.3 Å². The van der Waals surface area contributed by atoms with Crippen LogP contribution in [-0.2, 0) is 4.74 Å². The van der Waals surface area contributed by atoms with E-state index in [-0.39, 0.29) is 0 Å². The summed E-state index contributed by atoms with van der Waals surface area (Å²) >= 11 is 5.97. The van der Waals surface area contributed by atoms with Gasteiger partial charge in [-0.15, -0.1) is 0 Å². The van der Waals surface area contributed by atoms with E-state index < -0.39 is 5.97 Å². The zero-order valence-electron chi connectivity index (χ0n) is 8.48. The summed E-state index contributed by atoms with van der Waals surface area (Å²) in [5.41, 5.74) is 0.920. The Morgan fingerprint density at radius 2 is 2.19 bits per heavy atom. The standard InChI is InChI=1S/C11H9ClNO3/c1-16-11(14)7-2-3-10-8(6-7)9(12)4-5-13(10)15/h2-6,15H,1H3/q+1. The highest BCUT2D eigenvalue weighted by Crippen LogP contribution is 2.21. The molecule has 0 saturated carbocycles. The van der Waals surface area contributed by atoms with E-state index in [0.717, 1.165) is 4.73 Å². The number of aromatic nitrogens is 1. The number of carbonyl (C=O) groups excluding carboxylic acids is 1. The Morgan fingerprint density at radius 1 is 1.44 bits per heavy atom. The fraction of sp³-hybridized carbons (Fsp3) is 0.0909. The predicted octanol–water partition coefficient (Wildman–Crippen LogP) is 1.80. The summed E-state index contributed by atoms with van der Waals surface area (Å²) in [6.45, 7) is 0. The lowest BCUT2D eigenvalue weighted by Crippen LogP contribution is -2.30. The highest BCUT2D eigenvalue weighted by atomic mass is 35.5. The molecule has 0 aliphatic carbocycles. The second-order valence-corrected chi connectivity index (χ2v) is 3.64. The lowest BCUT2D eigenvalue weighted by Gasteiger charge is -2.00. The van der Waals surface area contributed by atoms with Crippen LogP contribution in [0.25, 0.3) is 10.9 Å². The van der Waals surface area contributed by atoms with Crippen molar-refractivity contribution in [2.24, 2.45) is 0 Å². The van der Waals surface area contributed by atoms with E-state index in [1.807, 2.05) is 0 Å². The number of fused-ring (bicyclic) bond motifs is 1. The van der Waals surface area contributed by atoms with Crippen LogP contribution in [0.2, 0.25) is 5.02 Å². The second-order valence-electron chi connectivity index (χ2n) is 3.23. The molecule has 16 heavy (non-hydrogen) atoms. The van der Waals surface area contributed by atoms with Crippen molar-refractivity contribution in [3.05, 3.63) is 41.0 Å². The number of carbonyl (C=O) groups is 1. The molecule has 0 fully saturated rings. The molecule has 1 heterocycles. The Labute approximate surface area is 96.6 Å². The number of esters is 1. The Bertz CT molecular complexity index is 568. The molecule has 0 radical (unpaired) electrons. The number of rotatable bonds is 1. The Kier molecular flexibility index (Phi) is 2.66. The van der Waals surface area contributed by atoms with Gasteiger partial charge in [0.05, 0.1) is 23.1 Å². The third-order valence-electron chi connectivity index (χ3n) is 2.28. The predicted molar refractivity (Wildman–Crippen MR) is 57.7 cm³/mol. The molecule has 1 aromatic heterocycles. The van der Waals surface area contributed by atoms with Crippen LogP contribution in [0, 0.1) is 0 Å². The van der Waals surface area contributed by atoms with Gasteiger partial charge in [-0.3, -0.25) is 5.21 Å². The van der Waals surface area contributed by atoms with Gasteiger partial charge in [0, 0.05) is 16.9 Å². The largest absolute Gasteiger partial charge is 0.465 e.